The maximum atomic E-state index is 11.8. The Balaban J connectivity index is 1.62. The summed E-state index contributed by atoms with van der Waals surface area (Å²) in [6.45, 7) is 3.76. The smallest absolute Gasteiger partial charge is 0.407 e. The van der Waals surface area contributed by atoms with Crippen molar-refractivity contribution >= 4 is 17.4 Å². The quantitative estimate of drug-likeness (QED) is 0.927. The molecule has 1 aromatic heterocycles. The Kier molecular flexibility index (Phi) is 3.96. The molecule has 0 aromatic carbocycles. The molecule has 2 unspecified atom stereocenters. The van der Waals surface area contributed by atoms with Gasteiger partial charge in [0.2, 0.25) is 0 Å². The number of rotatable bonds is 3. The van der Waals surface area contributed by atoms with Crippen LogP contribution in [0.2, 0.25) is 0 Å². The van der Waals surface area contributed by atoms with Crippen LogP contribution in [0.25, 0.3) is 0 Å². The summed E-state index contributed by atoms with van der Waals surface area (Å²) in [4.78, 5) is 16.3. The first-order valence-electron chi connectivity index (χ1n) is 7.50. The fourth-order valence-electron chi connectivity index (χ4n) is 3.79. The number of carbonyl (C=O) groups is 1. The highest BCUT2D eigenvalue weighted by Crippen LogP contribution is 2.48. The van der Waals surface area contributed by atoms with Crippen molar-refractivity contribution in [3.8, 4) is 0 Å². The van der Waals surface area contributed by atoms with Crippen LogP contribution in [0.15, 0.2) is 11.6 Å². The molecule has 5 heteroatoms. The maximum Gasteiger partial charge on any atom is 0.407 e. The van der Waals surface area contributed by atoms with Gasteiger partial charge in [-0.3, -0.25) is 0 Å². The minimum atomic E-state index is -0.255. The monoisotopic (exact) mass is 294 g/mol. The first kappa shape index (κ1) is 13.9. The zero-order chi connectivity index (χ0) is 14.1. The Morgan fingerprint density at radius 2 is 2.10 bits per heavy atom. The second kappa shape index (κ2) is 5.72. The predicted octanol–water partition coefficient (Wildman–Crippen LogP) is 3.55. The third-order valence-corrected chi connectivity index (χ3v) is 5.46. The summed E-state index contributed by atoms with van der Waals surface area (Å²) in [5.41, 5.74) is 0. The zero-order valence-corrected chi connectivity index (χ0v) is 12.9. The van der Waals surface area contributed by atoms with E-state index in [-0.39, 0.29) is 12.2 Å². The van der Waals surface area contributed by atoms with Gasteiger partial charge in [-0.15, -0.1) is 11.3 Å². The molecule has 2 aliphatic carbocycles. The van der Waals surface area contributed by atoms with Gasteiger partial charge in [0, 0.05) is 23.5 Å². The zero-order valence-electron chi connectivity index (χ0n) is 12.0. The summed E-state index contributed by atoms with van der Waals surface area (Å²) in [5, 5.41) is 6.43. The molecule has 4 nitrogen and oxygen atoms in total. The largest absolute Gasteiger partial charge is 0.447 e. The van der Waals surface area contributed by atoms with Crippen molar-refractivity contribution in [1.82, 2.24) is 10.3 Å². The number of thiazole rings is 1. The minimum absolute atomic E-state index is 0.0562. The molecule has 1 heterocycles. The van der Waals surface area contributed by atoms with Crippen LogP contribution in [-0.2, 0) is 4.74 Å². The van der Waals surface area contributed by atoms with E-state index in [9.17, 15) is 4.79 Å². The van der Waals surface area contributed by atoms with E-state index in [1.165, 1.54) is 17.8 Å². The summed E-state index contributed by atoms with van der Waals surface area (Å²) in [6.07, 6.45) is 6.33. The van der Waals surface area contributed by atoms with Gasteiger partial charge in [0.1, 0.15) is 0 Å². The van der Waals surface area contributed by atoms with Crippen molar-refractivity contribution in [2.24, 2.45) is 11.8 Å². The molecular weight excluding hydrogens is 272 g/mol. The molecule has 2 saturated carbocycles. The van der Waals surface area contributed by atoms with Gasteiger partial charge >= 0.3 is 6.09 Å². The molecule has 2 aliphatic rings. The number of hydrogen-bond donors (Lipinski definition) is 1. The van der Waals surface area contributed by atoms with Crippen molar-refractivity contribution in [2.45, 2.75) is 57.6 Å². The summed E-state index contributed by atoms with van der Waals surface area (Å²) < 4.78 is 5.22. The molecule has 3 rings (SSSR count). The van der Waals surface area contributed by atoms with E-state index in [4.69, 9.17) is 4.74 Å². The van der Waals surface area contributed by atoms with Gasteiger partial charge < -0.3 is 10.1 Å². The van der Waals surface area contributed by atoms with Crippen LogP contribution in [0, 0.1) is 11.8 Å². The normalized spacial score (nSPS) is 32.4. The lowest BCUT2D eigenvalue weighted by Gasteiger charge is -2.34. The first-order valence-corrected chi connectivity index (χ1v) is 8.38. The predicted molar refractivity (Wildman–Crippen MR) is 78.8 cm³/mol. The number of nitrogens with one attached hydrogen (secondary N) is 1. The molecule has 1 amide bonds. The van der Waals surface area contributed by atoms with Gasteiger partial charge in [-0.05, 0) is 51.4 Å². The highest BCUT2D eigenvalue weighted by atomic mass is 32.1. The third kappa shape index (κ3) is 2.82. The van der Waals surface area contributed by atoms with E-state index in [1.807, 2.05) is 20.0 Å². The van der Waals surface area contributed by atoms with Gasteiger partial charge in [-0.1, -0.05) is 0 Å². The van der Waals surface area contributed by atoms with Crippen LogP contribution in [-0.4, -0.2) is 23.2 Å². The van der Waals surface area contributed by atoms with Crippen molar-refractivity contribution in [3.63, 3.8) is 0 Å². The van der Waals surface area contributed by atoms with E-state index >= 15 is 0 Å². The number of aromatic nitrogens is 1. The Morgan fingerprint density at radius 3 is 2.65 bits per heavy atom. The molecule has 20 heavy (non-hydrogen) atoms. The molecule has 2 fully saturated rings. The number of hydrogen-bond acceptors (Lipinski definition) is 4. The Labute approximate surface area is 123 Å². The number of carbonyl (C=O) groups excluding carboxylic acids is 1. The lowest BCUT2D eigenvalue weighted by Crippen LogP contribution is -2.45. The molecule has 0 aliphatic heterocycles. The van der Waals surface area contributed by atoms with Gasteiger partial charge in [-0.25, -0.2) is 9.78 Å². The Hall–Kier alpha value is -1.10. The van der Waals surface area contributed by atoms with Crippen molar-refractivity contribution in [2.75, 3.05) is 0 Å². The van der Waals surface area contributed by atoms with E-state index in [0.29, 0.717) is 23.8 Å². The molecular formula is C15H22N2O2S. The second-order valence-corrected chi connectivity index (χ2v) is 7.19. The third-order valence-electron chi connectivity index (χ3n) is 4.53. The summed E-state index contributed by atoms with van der Waals surface area (Å²) in [5.74, 6) is 1.76. The number of nitrogens with zero attached hydrogens (tertiary/aromatic N) is 1. The maximum absolute atomic E-state index is 11.8. The Bertz CT molecular complexity index is 446. The fraction of sp³-hybridized carbons (Fsp3) is 0.733. The van der Waals surface area contributed by atoms with Crippen LogP contribution in [0.4, 0.5) is 4.79 Å². The topological polar surface area (TPSA) is 51.2 Å². The number of fused-ring (bicyclic) bond motifs is 2. The average Bonchev–Trinajstić information content (AvgIpc) is 2.96. The van der Waals surface area contributed by atoms with Gasteiger partial charge in [0.15, 0.2) is 0 Å². The summed E-state index contributed by atoms with van der Waals surface area (Å²) >= 11 is 1.76. The number of ether oxygens (including phenoxy) is 1. The minimum Gasteiger partial charge on any atom is -0.447 e. The lowest BCUT2D eigenvalue weighted by molar-refractivity contribution is 0.103. The van der Waals surface area contributed by atoms with Crippen molar-refractivity contribution in [1.29, 1.82) is 0 Å². The molecule has 1 N–H and O–H groups in total. The highest BCUT2D eigenvalue weighted by Gasteiger charge is 2.44. The standard InChI is InChI=1S/C15H22N2O2S/c1-9(2)19-15(18)17-13-10-3-4-11(13)8-12(7-10)14-16-5-6-20-14/h5-6,9-13H,3-4,7-8H2,1-2H3,(H,17,18). The van der Waals surface area contributed by atoms with E-state index in [0.717, 1.165) is 12.8 Å². The van der Waals surface area contributed by atoms with Crippen LogP contribution < -0.4 is 5.32 Å². The van der Waals surface area contributed by atoms with Gasteiger partial charge in [-0.2, -0.15) is 0 Å². The van der Waals surface area contributed by atoms with Crippen LogP contribution in [0.3, 0.4) is 0 Å². The summed E-state index contributed by atoms with van der Waals surface area (Å²) in [6, 6.07) is 0.303. The van der Waals surface area contributed by atoms with Gasteiger partial charge in [0.25, 0.3) is 0 Å². The SMILES string of the molecule is CC(C)OC(=O)NC1C2CCC1CC(c1nccs1)C2. The average molecular weight is 294 g/mol. The molecule has 1 aromatic rings. The second-order valence-electron chi connectivity index (χ2n) is 6.26. The van der Waals surface area contributed by atoms with E-state index < -0.39 is 0 Å². The van der Waals surface area contributed by atoms with Crippen LogP contribution in [0.1, 0.15) is 50.5 Å². The van der Waals surface area contributed by atoms with Crippen LogP contribution >= 0.6 is 11.3 Å². The number of amides is 1. The number of alkyl carbamates (subject to hydrolysis) is 1. The molecule has 110 valence electrons. The van der Waals surface area contributed by atoms with Crippen molar-refractivity contribution < 1.29 is 9.53 Å². The molecule has 2 atom stereocenters. The highest BCUT2D eigenvalue weighted by molar-refractivity contribution is 7.09. The molecule has 0 spiro atoms. The van der Waals surface area contributed by atoms with E-state index in [2.05, 4.69) is 15.7 Å². The fourth-order valence-corrected chi connectivity index (χ4v) is 4.55. The van der Waals surface area contributed by atoms with E-state index in [1.54, 1.807) is 11.3 Å². The first-order chi connectivity index (χ1) is 9.63. The van der Waals surface area contributed by atoms with Crippen molar-refractivity contribution in [3.05, 3.63) is 16.6 Å². The molecule has 0 saturated heterocycles. The lowest BCUT2D eigenvalue weighted by atomic mass is 9.77. The molecule has 2 bridgehead atoms. The molecule has 0 radical (unpaired) electrons. The van der Waals surface area contributed by atoms with Crippen LogP contribution in [0.5, 0.6) is 0 Å². The van der Waals surface area contributed by atoms with Gasteiger partial charge in [0.05, 0.1) is 11.1 Å². The Morgan fingerprint density at radius 1 is 1.40 bits per heavy atom. The summed E-state index contributed by atoms with van der Waals surface area (Å²) in [7, 11) is 0.